The zero-order valence-corrected chi connectivity index (χ0v) is 12.9. The standard InChI is InChI=1S/C15H23N3O3/c1-10(2)18(4)9-8-16-15(21)17-13-11(3)6-5-7-12(13)14(19)20/h5-7,10H,8-9H2,1-4H3,(H,19,20)(H2,16,17,21). The maximum Gasteiger partial charge on any atom is 0.337 e. The van der Waals surface area contributed by atoms with Crippen molar-refractivity contribution in [1.82, 2.24) is 10.2 Å². The third-order valence-corrected chi connectivity index (χ3v) is 3.37. The maximum absolute atomic E-state index is 11.9. The molecule has 0 aliphatic rings. The number of carbonyl (C=O) groups is 2. The summed E-state index contributed by atoms with van der Waals surface area (Å²) in [5.41, 5.74) is 1.13. The van der Waals surface area contributed by atoms with Crippen molar-refractivity contribution in [3.8, 4) is 0 Å². The molecule has 0 radical (unpaired) electrons. The van der Waals surface area contributed by atoms with Gasteiger partial charge in [-0.15, -0.1) is 0 Å². The summed E-state index contributed by atoms with van der Waals surface area (Å²) >= 11 is 0. The summed E-state index contributed by atoms with van der Waals surface area (Å²) in [7, 11) is 1.98. The van der Waals surface area contributed by atoms with Crippen molar-refractivity contribution in [2.24, 2.45) is 0 Å². The van der Waals surface area contributed by atoms with Gasteiger partial charge in [-0.25, -0.2) is 9.59 Å². The third kappa shape index (κ3) is 5.07. The summed E-state index contributed by atoms with van der Waals surface area (Å²) in [6.07, 6.45) is 0. The molecule has 0 heterocycles. The van der Waals surface area contributed by atoms with Gasteiger partial charge in [0.25, 0.3) is 0 Å². The minimum Gasteiger partial charge on any atom is -0.478 e. The lowest BCUT2D eigenvalue weighted by molar-refractivity contribution is 0.0698. The second kappa shape index (κ2) is 7.64. The molecule has 6 nitrogen and oxygen atoms in total. The van der Waals surface area contributed by atoms with Crippen LogP contribution in [0.3, 0.4) is 0 Å². The van der Waals surface area contributed by atoms with Gasteiger partial charge in [0, 0.05) is 19.1 Å². The highest BCUT2D eigenvalue weighted by Crippen LogP contribution is 2.20. The molecule has 0 saturated heterocycles. The number of benzene rings is 1. The number of para-hydroxylation sites is 1. The number of urea groups is 1. The van der Waals surface area contributed by atoms with Gasteiger partial charge < -0.3 is 20.6 Å². The Morgan fingerprint density at radius 2 is 2.00 bits per heavy atom. The van der Waals surface area contributed by atoms with Crippen LogP contribution in [0.4, 0.5) is 10.5 Å². The molecule has 0 fully saturated rings. The molecule has 0 unspecified atom stereocenters. The van der Waals surface area contributed by atoms with Crippen LogP contribution in [0.25, 0.3) is 0 Å². The molecule has 0 aromatic heterocycles. The average Bonchev–Trinajstić information content (AvgIpc) is 2.40. The number of hydrogen-bond acceptors (Lipinski definition) is 3. The fraction of sp³-hybridized carbons (Fsp3) is 0.467. The predicted molar refractivity (Wildman–Crippen MR) is 82.9 cm³/mol. The molecule has 0 aliphatic carbocycles. The minimum absolute atomic E-state index is 0.0875. The first kappa shape index (κ1) is 17.0. The van der Waals surface area contributed by atoms with Crippen molar-refractivity contribution in [3.63, 3.8) is 0 Å². The van der Waals surface area contributed by atoms with E-state index >= 15 is 0 Å². The lowest BCUT2D eigenvalue weighted by Crippen LogP contribution is -2.38. The Kier molecular flexibility index (Phi) is 6.17. The molecule has 2 amide bonds. The molecule has 116 valence electrons. The number of anilines is 1. The van der Waals surface area contributed by atoms with Crippen LogP contribution in [0, 0.1) is 6.92 Å². The molecule has 0 spiro atoms. The molecule has 6 heteroatoms. The van der Waals surface area contributed by atoms with Crippen LogP contribution in [0.15, 0.2) is 18.2 Å². The Balaban J connectivity index is 2.61. The highest BCUT2D eigenvalue weighted by atomic mass is 16.4. The van der Waals surface area contributed by atoms with Gasteiger partial charge in [0.1, 0.15) is 0 Å². The van der Waals surface area contributed by atoms with Gasteiger partial charge >= 0.3 is 12.0 Å². The van der Waals surface area contributed by atoms with E-state index in [0.717, 1.165) is 6.54 Å². The number of amides is 2. The predicted octanol–water partition coefficient (Wildman–Crippen LogP) is 2.15. The lowest BCUT2D eigenvalue weighted by Gasteiger charge is -2.21. The summed E-state index contributed by atoms with van der Waals surface area (Å²) in [5.74, 6) is -1.06. The number of aromatic carboxylic acids is 1. The monoisotopic (exact) mass is 293 g/mol. The highest BCUT2D eigenvalue weighted by molar-refractivity contribution is 6.00. The number of rotatable bonds is 6. The SMILES string of the molecule is Cc1cccc(C(=O)O)c1NC(=O)NCCN(C)C(C)C. The van der Waals surface area contributed by atoms with Gasteiger partial charge in [-0.05, 0) is 39.4 Å². The molecule has 0 saturated carbocycles. The molecular formula is C15H23N3O3. The second-order valence-electron chi connectivity index (χ2n) is 5.26. The van der Waals surface area contributed by atoms with E-state index in [-0.39, 0.29) is 5.56 Å². The van der Waals surface area contributed by atoms with Crippen LogP contribution in [0.1, 0.15) is 29.8 Å². The number of nitrogens with one attached hydrogen (secondary N) is 2. The number of aryl methyl sites for hydroxylation is 1. The summed E-state index contributed by atoms with van der Waals surface area (Å²) in [4.78, 5) is 25.1. The first-order valence-corrected chi connectivity index (χ1v) is 6.91. The van der Waals surface area contributed by atoms with Crippen LogP contribution in [0.5, 0.6) is 0 Å². The molecule has 3 N–H and O–H groups in total. The average molecular weight is 293 g/mol. The highest BCUT2D eigenvalue weighted by Gasteiger charge is 2.14. The molecule has 1 aromatic carbocycles. The lowest BCUT2D eigenvalue weighted by atomic mass is 10.1. The molecule has 1 aromatic rings. The molecule has 21 heavy (non-hydrogen) atoms. The van der Waals surface area contributed by atoms with E-state index in [2.05, 4.69) is 29.4 Å². The van der Waals surface area contributed by atoms with E-state index in [0.29, 0.717) is 23.8 Å². The van der Waals surface area contributed by atoms with E-state index in [1.54, 1.807) is 19.1 Å². The molecule has 1 rings (SSSR count). The van der Waals surface area contributed by atoms with E-state index in [4.69, 9.17) is 5.11 Å². The summed E-state index contributed by atoms with van der Waals surface area (Å²) < 4.78 is 0. The van der Waals surface area contributed by atoms with Crippen LogP contribution in [-0.2, 0) is 0 Å². The smallest absolute Gasteiger partial charge is 0.337 e. The fourth-order valence-electron chi connectivity index (χ4n) is 1.77. The molecule has 0 bridgehead atoms. The van der Waals surface area contributed by atoms with Gasteiger partial charge in [-0.3, -0.25) is 0 Å². The van der Waals surface area contributed by atoms with E-state index in [1.807, 2.05) is 7.05 Å². The Labute approximate surface area is 125 Å². The van der Waals surface area contributed by atoms with Crippen LogP contribution in [-0.4, -0.2) is 48.2 Å². The quantitative estimate of drug-likeness (QED) is 0.750. The Morgan fingerprint density at radius 3 is 2.57 bits per heavy atom. The van der Waals surface area contributed by atoms with Gasteiger partial charge in [0.05, 0.1) is 11.3 Å². The zero-order valence-electron chi connectivity index (χ0n) is 12.9. The largest absolute Gasteiger partial charge is 0.478 e. The minimum atomic E-state index is -1.06. The summed E-state index contributed by atoms with van der Waals surface area (Å²) in [6, 6.07) is 4.89. The number of carboxylic acids is 1. The molecule has 0 atom stereocenters. The number of nitrogens with zero attached hydrogens (tertiary/aromatic N) is 1. The van der Waals surface area contributed by atoms with E-state index in [9.17, 15) is 9.59 Å². The summed E-state index contributed by atoms with van der Waals surface area (Å²) in [6.45, 7) is 7.13. The van der Waals surface area contributed by atoms with E-state index < -0.39 is 12.0 Å². The Hall–Kier alpha value is -2.08. The maximum atomic E-state index is 11.9. The normalized spacial score (nSPS) is 10.8. The number of carbonyl (C=O) groups excluding carboxylic acids is 1. The van der Waals surface area contributed by atoms with Crippen LogP contribution >= 0.6 is 0 Å². The number of likely N-dealkylation sites (N-methyl/N-ethyl adjacent to an activating group) is 1. The van der Waals surface area contributed by atoms with Crippen molar-refractivity contribution in [1.29, 1.82) is 0 Å². The number of hydrogen-bond donors (Lipinski definition) is 3. The van der Waals surface area contributed by atoms with Crippen LogP contribution < -0.4 is 10.6 Å². The van der Waals surface area contributed by atoms with Crippen molar-refractivity contribution in [2.45, 2.75) is 26.8 Å². The van der Waals surface area contributed by atoms with Crippen molar-refractivity contribution in [2.75, 3.05) is 25.5 Å². The molecular weight excluding hydrogens is 270 g/mol. The first-order valence-electron chi connectivity index (χ1n) is 6.91. The van der Waals surface area contributed by atoms with Crippen molar-refractivity contribution in [3.05, 3.63) is 29.3 Å². The topological polar surface area (TPSA) is 81.7 Å². The third-order valence-electron chi connectivity index (χ3n) is 3.37. The van der Waals surface area contributed by atoms with E-state index in [1.165, 1.54) is 6.07 Å². The van der Waals surface area contributed by atoms with Crippen LogP contribution in [0.2, 0.25) is 0 Å². The fourth-order valence-corrected chi connectivity index (χ4v) is 1.77. The van der Waals surface area contributed by atoms with Gasteiger partial charge in [0.2, 0.25) is 0 Å². The van der Waals surface area contributed by atoms with Gasteiger partial charge in [0.15, 0.2) is 0 Å². The number of carboxylic acid groups (broad SMARTS) is 1. The van der Waals surface area contributed by atoms with Crippen molar-refractivity contribution < 1.29 is 14.7 Å². The van der Waals surface area contributed by atoms with Gasteiger partial charge in [-0.2, -0.15) is 0 Å². The summed E-state index contributed by atoms with van der Waals surface area (Å²) in [5, 5.41) is 14.5. The first-order chi connectivity index (χ1) is 9.82. The molecule has 0 aliphatic heterocycles. The Morgan fingerprint density at radius 1 is 1.33 bits per heavy atom. The Bertz CT molecular complexity index is 515. The second-order valence-corrected chi connectivity index (χ2v) is 5.26. The van der Waals surface area contributed by atoms with Crippen molar-refractivity contribution >= 4 is 17.7 Å². The zero-order chi connectivity index (χ0) is 16.0. The van der Waals surface area contributed by atoms with Gasteiger partial charge in [-0.1, -0.05) is 12.1 Å².